The molecule has 0 bridgehead atoms. The van der Waals surface area contributed by atoms with E-state index < -0.39 is 18.5 Å². The molecule has 0 spiro atoms. The molecular weight excluding hydrogens is 380 g/mol. The molecule has 1 aromatic heterocycles. The van der Waals surface area contributed by atoms with E-state index in [1.54, 1.807) is 36.4 Å². The standard InChI is InChI=1S/C21H17ClN2O4/c22-17-9-10-19(23-12-17)24-20(25)14-28-21(26)16-7-4-8-18(11-16)27-13-15-5-2-1-3-6-15/h1-12H,13-14H2,(H,23,24,25). The maximum absolute atomic E-state index is 12.2. The highest BCUT2D eigenvalue weighted by Gasteiger charge is 2.12. The predicted molar refractivity (Wildman–Crippen MR) is 105 cm³/mol. The van der Waals surface area contributed by atoms with Crippen LogP contribution in [0.25, 0.3) is 0 Å². The second-order valence-corrected chi connectivity index (χ2v) is 6.22. The zero-order valence-corrected chi connectivity index (χ0v) is 15.6. The third-order valence-corrected chi connectivity index (χ3v) is 3.87. The number of nitrogens with one attached hydrogen (secondary N) is 1. The Morgan fingerprint density at radius 2 is 1.82 bits per heavy atom. The summed E-state index contributed by atoms with van der Waals surface area (Å²) in [7, 11) is 0. The molecule has 28 heavy (non-hydrogen) atoms. The van der Waals surface area contributed by atoms with Crippen LogP contribution in [0.5, 0.6) is 5.75 Å². The topological polar surface area (TPSA) is 77.5 Å². The SMILES string of the molecule is O=C(COC(=O)c1cccc(OCc2ccccc2)c1)Nc1ccc(Cl)cn1. The number of aromatic nitrogens is 1. The van der Waals surface area contributed by atoms with Crippen molar-refractivity contribution in [3.05, 3.63) is 89.1 Å². The van der Waals surface area contributed by atoms with Crippen molar-refractivity contribution in [3.63, 3.8) is 0 Å². The molecule has 3 aromatic rings. The molecule has 0 atom stereocenters. The van der Waals surface area contributed by atoms with Gasteiger partial charge in [-0.25, -0.2) is 9.78 Å². The number of carbonyl (C=O) groups excluding carboxylic acids is 2. The number of hydrogen-bond donors (Lipinski definition) is 1. The quantitative estimate of drug-likeness (QED) is 0.608. The van der Waals surface area contributed by atoms with Crippen LogP contribution < -0.4 is 10.1 Å². The van der Waals surface area contributed by atoms with Crippen LogP contribution >= 0.6 is 11.6 Å². The highest BCUT2D eigenvalue weighted by atomic mass is 35.5. The fourth-order valence-electron chi connectivity index (χ4n) is 2.30. The van der Waals surface area contributed by atoms with Gasteiger partial charge in [0.2, 0.25) is 0 Å². The Balaban J connectivity index is 1.51. The number of carbonyl (C=O) groups is 2. The number of pyridine rings is 1. The maximum Gasteiger partial charge on any atom is 0.338 e. The van der Waals surface area contributed by atoms with E-state index in [4.69, 9.17) is 21.1 Å². The first kappa shape index (κ1) is 19.4. The summed E-state index contributed by atoms with van der Waals surface area (Å²) in [6.45, 7) is -0.0475. The van der Waals surface area contributed by atoms with Gasteiger partial charge >= 0.3 is 5.97 Å². The monoisotopic (exact) mass is 396 g/mol. The van der Waals surface area contributed by atoms with E-state index in [2.05, 4.69) is 10.3 Å². The second-order valence-electron chi connectivity index (χ2n) is 5.79. The molecule has 0 aliphatic carbocycles. The molecule has 6 nitrogen and oxygen atoms in total. The minimum absolute atomic E-state index is 0.294. The summed E-state index contributed by atoms with van der Waals surface area (Å²) >= 11 is 5.73. The van der Waals surface area contributed by atoms with Crippen molar-refractivity contribution >= 4 is 29.3 Å². The Bertz CT molecular complexity index is 946. The number of hydrogen-bond acceptors (Lipinski definition) is 5. The molecule has 3 rings (SSSR count). The minimum atomic E-state index is -0.621. The number of rotatable bonds is 7. The van der Waals surface area contributed by atoms with E-state index in [9.17, 15) is 9.59 Å². The Hall–Kier alpha value is -3.38. The van der Waals surface area contributed by atoms with Gasteiger partial charge < -0.3 is 14.8 Å². The maximum atomic E-state index is 12.2. The largest absolute Gasteiger partial charge is 0.489 e. The number of ether oxygens (including phenoxy) is 2. The summed E-state index contributed by atoms with van der Waals surface area (Å²) in [4.78, 5) is 28.0. The van der Waals surface area contributed by atoms with Crippen LogP contribution in [0.4, 0.5) is 5.82 Å². The van der Waals surface area contributed by atoms with Crippen molar-refractivity contribution in [2.24, 2.45) is 0 Å². The molecule has 0 saturated carbocycles. The second kappa shape index (κ2) is 9.53. The van der Waals surface area contributed by atoms with Crippen LogP contribution in [0, 0.1) is 0 Å². The Morgan fingerprint density at radius 3 is 2.57 bits per heavy atom. The fourth-order valence-corrected chi connectivity index (χ4v) is 2.41. The highest BCUT2D eigenvalue weighted by molar-refractivity contribution is 6.30. The Labute approximate surface area is 167 Å². The molecule has 7 heteroatoms. The number of esters is 1. The molecule has 0 saturated heterocycles. The van der Waals surface area contributed by atoms with Crippen LogP contribution in [0.2, 0.25) is 5.02 Å². The molecule has 0 aliphatic rings. The third kappa shape index (κ3) is 5.82. The number of amides is 1. The van der Waals surface area contributed by atoms with Crippen LogP contribution in [-0.4, -0.2) is 23.5 Å². The molecule has 0 fully saturated rings. The smallest absolute Gasteiger partial charge is 0.338 e. The van der Waals surface area contributed by atoms with E-state index >= 15 is 0 Å². The molecule has 1 N–H and O–H groups in total. The molecular formula is C21H17ClN2O4. The minimum Gasteiger partial charge on any atom is -0.489 e. The lowest BCUT2D eigenvalue weighted by molar-refractivity contribution is -0.119. The molecule has 1 heterocycles. The number of anilines is 1. The Kier molecular flexibility index (Phi) is 6.59. The lowest BCUT2D eigenvalue weighted by atomic mass is 10.2. The zero-order valence-electron chi connectivity index (χ0n) is 14.8. The van der Waals surface area contributed by atoms with E-state index in [1.807, 2.05) is 30.3 Å². The average Bonchev–Trinajstić information content (AvgIpc) is 2.73. The van der Waals surface area contributed by atoms with Crippen molar-refractivity contribution in [1.29, 1.82) is 0 Å². The van der Waals surface area contributed by atoms with Crippen molar-refractivity contribution in [2.45, 2.75) is 6.61 Å². The van der Waals surface area contributed by atoms with E-state index in [1.165, 1.54) is 6.20 Å². The van der Waals surface area contributed by atoms with Gasteiger partial charge in [-0.2, -0.15) is 0 Å². The molecule has 142 valence electrons. The Morgan fingerprint density at radius 1 is 1.00 bits per heavy atom. The molecule has 0 unspecified atom stereocenters. The van der Waals surface area contributed by atoms with Crippen LogP contribution in [0.3, 0.4) is 0 Å². The number of nitrogens with zero attached hydrogens (tertiary/aromatic N) is 1. The third-order valence-electron chi connectivity index (χ3n) is 3.65. The van der Waals surface area contributed by atoms with E-state index in [0.717, 1.165) is 5.56 Å². The van der Waals surface area contributed by atoms with Crippen LogP contribution in [0.1, 0.15) is 15.9 Å². The first-order valence-corrected chi connectivity index (χ1v) is 8.83. The summed E-state index contributed by atoms with van der Waals surface area (Å²) in [6, 6.07) is 19.4. The normalized spacial score (nSPS) is 10.2. The molecule has 1 amide bonds. The predicted octanol–water partition coefficient (Wildman–Crippen LogP) is 4.11. The van der Waals surface area contributed by atoms with Gasteiger partial charge in [-0.3, -0.25) is 4.79 Å². The number of benzene rings is 2. The lowest BCUT2D eigenvalue weighted by Crippen LogP contribution is -2.21. The van der Waals surface area contributed by atoms with Gasteiger partial charge in [0.05, 0.1) is 10.6 Å². The van der Waals surface area contributed by atoms with Gasteiger partial charge in [-0.15, -0.1) is 0 Å². The van der Waals surface area contributed by atoms with Crippen molar-refractivity contribution in [1.82, 2.24) is 4.98 Å². The summed E-state index contributed by atoms with van der Waals surface area (Å²) in [5.74, 6) is -0.265. The van der Waals surface area contributed by atoms with Crippen molar-refractivity contribution < 1.29 is 19.1 Å². The lowest BCUT2D eigenvalue weighted by Gasteiger charge is -2.09. The molecule has 0 radical (unpaired) electrons. The fraction of sp³-hybridized carbons (Fsp3) is 0.0952. The molecule has 2 aromatic carbocycles. The van der Waals surface area contributed by atoms with Gasteiger partial charge in [0.1, 0.15) is 18.2 Å². The first-order chi connectivity index (χ1) is 13.6. The summed E-state index contributed by atoms with van der Waals surface area (Å²) in [5, 5.41) is 2.97. The van der Waals surface area contributed by atoms with E-state index in [0.29, 0.717) is 28.8 Å². The first-order valence-electron chi connectivity index (χ1n) is 8.45. The highest BCUT2D eigenvalue weighted by Crippen LogP contribution is 2.16. The van der Waals surface area contributed by atoms with Gasteiger partial charge in [-0.1, -0.05) is 48.0 Å². The van der Waals surface area contributed by atoms with Gasteiger partial charge in [0, 0.05) is 6.20 Å². The summed E-state index contributed by atoms with van der Waals surface area (Å²) in [5.41, 5.74) is 1.31. The number of halogens is 1. The summed E-state index contributed by atoms with van der Waals surface area (Å²) < 4.78 is 10.7. The average molecular weight is 397 g/mol. The van der Waals surface area contributed by atoms with E-state index in [-0.39, 0.29) is 0 Å². The van der Waals surface area contributed by atoms with Crippen molar-refractivity contribution in [3.8, 4) is 5.75 Å². The van der Waals surface area contributed by atoms with Crippen LogP contribution in [-0.2, 0) is 16.1 Å². The summed E-state index contributed by atoms with van der Waals surface area (Å²) in [6.07, 6.45) is 1.41. The zero-order chi connectivity index (χ0) is 19.8. The van der Waals surface area contributed by atoms with Crippen molar-refractivity contribution in [2.75, 3.05) is 11.9 Å². The van der Waals surface area contributed by atoms with Gasteiger partial charge in [0.25, 0.3) is 5.91 Å². The van der Waals surface area contributed by atoms with Crippen LogP contribution in [0.15, 0.2) is 72.9 Å². The van der Waals surface area contributed by atoms with Gasteiger partial charge in [-0.05, 0) is 35.9 Å². The molecule has 0 aliphatic heterocycles. The van der Waals surface area contributed by atoms with Gasteiger partial charge in [0.15, 0.2) is 6.61 Å².